The Morgan fingerprint density at radius 1 is 1.20 bits per heavy atom. The minimum Gasteiger partial charge on any atom is -0.508 e. The number of rotatable bonds is 2. The molecule has 0 aliphatic heterocycles. The van der Waals surface area contributed by atoms with E-state index in [0.717, 1.165) is 5.56 Å². The third-order valence-electron chi connectivity index (χ3n) is 2.93. The van der Waals surface area contributed by atoms with Crippen molar-refractivity contribution in [3.05, 3.63) is 53.3 Å². The molecule has 0 bridgehead atoms. The highest BCUT2D eigenvalue weighted by Crippen LogP contribution is 2.26. The van der Waals surface area contributed by atoms with Crippen LogP contribution in [-0.2, 0) is 0 Å². The molecule has 0 aliphatic carbocycles. The fourth-order valence-electron chi connectivity index (χ4n) is 2.03. The predicted octanol–water partition coefficient (Wildman–Crippen LogP) is 3.06. The van der Waals surface area contributed by atoms with Gasteiger partial charge >= 0.3 is 5.97 Å². The van der Waals surface area contributed by atoms with Gasteiger partial charge in [0.25, 0.3) is 0 Å². The number of fused-ring (bicyclic) bond motifs is 1. The van der Waals surface area contributed by atoms with Gasteiger partial charge < -0.3 is 10.2 Å². The first-order valence-corrected chi connectivity index (χ1v) is 6.14. The third kappa shape index (κ3) is 1.98. The van der Waals surface area contributed by atoms with Gasteiger partial charge in [-0.1, -0.05) is 11.6 Å². The molecule has 5 nitrogen and oxygen atoms in total. The topological polar surface area (TPSA) is 74.8 Å². The summed E-state index contributed by atoms with van der Waals surface area (Å²) in [6.07, 6.45) is 1.58. The Balaban J connectivity index is 2.31. The highest BCUT2D eigenvalue weighted by Gasteiger charge is 2.18. The molecule has 6 heteroatoms. The summed E-state index contributed by atoms with van der Waals surface area (Å²) in [4.78, 5) is 15.4. The average molecular weight is 289 g/mol. The first-order valence-electron chi connectivity index (χ1n) is 5.76. The summed E-state index contributed by atoms with van der Waals surface area (Å²) >= 11 is 5.84. The van der Waals surface area contributed by atoms with Crippen LogP contribution in [0.15, 0.2) is 42.6 Å². The number of aromatic hydroxyl groups is 1. The van der Waals surface area contributed by atoms with Crippen LogP contribution in [0.25, 0.3) is 16.9 Å². The van der Waals surface area contributed by atoms with Gasteiger partial charge in [-0.3, -0.25) is 4.40 Å². The molecule has 0 spiro atoms. The SMILES string of the molecule is O=C(O)c1nc(-c2ccc(Cl)cc2)n2ccc(O)cc12. The van der Waals surface area contributed by atoms with E-state index in [4.69, 9.17) is 11.6 Å². The molecule has 1 aromatic carbocycles. The largest absolute Gasteiger partial charge is 0.508 e. The Hall–Kier alpha value is -2.53. The normalized spacial score (nSPS) is 10.8. The molecule has 20 heavy (non-hydrogen) atoms. The van der Waals surface area contributed by atoms with Crippen molar-refractivity contribution in [3.63, 3.8) is 0 Å². The molecule has 0 aliphatic rings. The van der Waals surface area contributed by atoms with Gasteiger partial charge in [0.05, 0.1) is 5.52 Å². The zero-order chi connectivity index (χ0) is 14.3. The molecular weight excluding hydrogens is 280 g/mol. The van der Waals surface area contributed by atoms with Crippen LogP contribution in [0, 0.1) is 0 Å². The Morgan fingerprint density at radius 2 is 1.90 bits per heavy atom. The van der Waals surface area contributed by atoms with Gasteiger partial charge in [0.2, 0.25) is 0 Å². The van der Waals surface area contributed by atoms with E-state index in [-0.39, 0.29) is 11.4 Å². The van der Waals surface area contributed by atoms with Crippen LogP contribution in [0.5, 0.6) is 5.75 Å². The standard InChI is InChI=1S/C14H9ClN2O3/c15-9-3-1-8(2-4-9)13-16-12(14(19)20)11-7-10(18)5-6-17(11)13/h1-7,18H,(H,19,20). The number of aromatic nitrogens is 2. The number of pyridine rings is 1. The molecule has 0 radical (unpaired) electrons. The van der Waals surface area contributed by atoms with Gasteiger partial charge in [0, 0.05) is 22.8 Å². The van der Waals surface area contributed by atoms with Crippen molar-refractivity contribution in [3.8, 4) is 17.1 Å². The average Bonchev–Trinajstić information content (AvgIpc) is 2.78. The number of nitrogens with zero attached hydrogens (tertiary/aromatic N) is 2. The molecule has 2 aromatic heterocycles. The Labute approximate surface area is 118 Å². The van der Waals surface area contributed by atoms with Crippen molar-refractivity contribution in [1.82, 2.24) is 9.38 Å². The fourth-order valence-corrected chi connectivity index (χ4v) is 2.16. The molecular formula is C14H9ClN2O3. The lowest BCUT2D eigenvalue weighted by Crippen LogP contribution is -1.97. The zero-order valence-electron chi connectivity index (χ0n) is 10.1. The Bertz CT molecular complexity index is 809. The van der Waals surface area contributed by atoms with Gasteiger partial charge in [-0.05, 0) is 30.3 Å². The van der Waals surface area contributed by atoms with Gasteiger partial charge in [-0.15, -0.1) is 0 Å². The van der Waals surface area contributed by atoms with Crippen LogP contribution in [0.3, 0.4) is 0 Å². The van der Waals surface area contributed by atoms with E-state index in [9.17, 15) is 15.0 Å². The monoisotopic (exact) mass is 288 g/mol. The van der Waals surface area contributed by atoms with Crippen molar-refractivity contribution < 1.29 is 15.0 Å². The predicted molar refractivity (Wildman–Crippen MR) is 74.3 cm³/mol. The summed E-state index contributed by atoms with van der Waals surface area (Å²) in [6.45, 7) is 0. The number of hydrogen-bond donors (Lipinski definition) is 2. The Morgan fingerprint density at radius 3 is 2.55 bits per heavy atom. The van der Waals surface area contributed by atoms with E-state index in [1.54, 1.807) is 34.9 Å². The van der Waals surface area contributed by atoms with Crippen molar-refractivity contribution in [2.24, 2.45) is 0 Å². The fraction of sp³-hybridized carbons (Fsp3) is 0. The number of benzene rings is 1. The maximum Gasteiger partial charge on any atom is 0.356 e. The summed E-state index contributed by atoms with van der Waals surface area (Å²) in [6, 6.07) is 9.78. The molecule has 2 heterocycles. The number of carboxylic acids is 1. The number of halogens is 1. The van der Waals surface area contributed by atoms with E-state index in [2.05, 4.69) is 4.98 Å². The molecule has 2 N–H and O–H groups in total. The van der Waals surface area contributed by atoms with E-state index in [1.807, 2.05) is 0 Å². The quantitative estimate of drug-likeness (QED) is 0.760. The van der Waals surface area contributed by atoms with E-state index < -0.39 is 5.97 Å². The molecule has 0 amide bonds. The van der Waals surface area contributed by atoms with Crippen LogP contribution < -0.4 is 0 Å². The molecule has 0 saturated carbocycles. The number of carbonyl (C=O) groups is 1. The summed E-state index contributed by atoms with van der Waals surface area (Å²) in [5.74, 6) is -0.676. The van der Waals surface area contributed by atoms with Crippen molar-refractivity contribution in [2.45, 2.75) is 0 Å². The second-order valence-corrected chi connectivity index (χ2v) is 4.67. The lowest BCUT2D eigenvalue weighted by Gasteiger charge is -2.01. The maximum atomic E-state index is 11.2. The third-order valence-corrected chi connectivity index (χ3v) is 3.18. The Kier molecular flexibility index (Phi) is 2.84. The molecule has 0 saturated heterocycles. The summed E-state index contributed by atoms with van der Waals surface area (Å²) in [5, 5.41) is 19.3. The van der Waals surface area contributed by atoms with Crippen LogP contribution in [0.4, 0.5) is 0 Å². The summed E-state index contributed by atoms with van der Waals surface area (Å²) in [5.41, 5.74) is 0.968. The number of imidazole rings is 1. The summed E-state index contributed by atoms with van der Waals surface area (Å²) in [7, 11) is 0. The van der Waals surface area contributed by atoms with Crippen molar-refractivity contribution in [2.75, 3.05) is 0 Å². The zero-order valence-corrected chi connectivity index (χ0v) is 10.9. The molecule has 0 unspecified atom stereocenters. The minimum atomic E-state index is -1.15. The number of aromatic carboxylic acids is 1. The lowest BCUT2D eigenvalue weighted by atomic mass is 10.2. The lowest BCUT2D eigenvalue weighted by molar-refractivity contribution is 0.0693. The van der Waals surface area contributed by atoms with Crippen LogP contribution >= 0.6 is 11.6 Å². The van der Waals surface area contributed by atoms with E-state index >= 15 is 0 Å². The highest BCUT2D eigenvalue weighted by molar-refractivity contribution is 6.30. The van der Waals surface area contributed by atoms with Gasteiger partial charge in [0.15, 0.2) is 5.69 Å². The highest BCUT2D eigenvalue weighted by atomic mass is 35.5. The van der Waals surface area contributed by atoms with E-state index in [1.165, 1.54) is 12.1 Å². The maximum absolute atomic E-state index is 11.2. The second-order valence-electron chi connectivity index (χ2n) is 4.24. The molecule has 3 rings (SSSR count). The van der Waals surface area contributed by atoms with Crippen LogP contribution in [0.1, 0.15) is 10.5 Å². The molecule has 3 aromatic rings. The number of hydrogen-bond acceptors (Lipinski definition) is 3. The molecule has 0 atom stereocenters. The number of carboxylic acid groups (broad SMARTS) is 1. The first kappa shape index (κ1) is 12.5. The van der Waals surface area contributed by atoms with Gasteiger partial charge in [-0.25, -0.2) is 9.78 Å². The van der Waals surface area contributed by atoms with Gasteiger partial charge in [-0.2, -0.15) is 0 Å². The van der Waals surface area contributed by atoms with Gasteiger partial charge in [0.1, 0.15) is 11.6 Å². The van der Waals surface area contributed by atoms with Crippen molar-refractivity contribution in [1.29, 1.82) is 0 Å². The minimum absolute atomic E-state index is 0.0115. The van der Waals surface area contributed by atoms with Crippen molar-refractivity contribution >= 4 is 23.1 Å². The molecule has 0 fully saturated rings. The first-order chi connectivity index (χ1) is 9.56. The van der Waals surface area contributed by atoms with Crippen LogP contribution in [-0.4, -0.2) is 25.6 Å². The smallest absolute Gasteiger partial charge is 0.356 e. The van der Waals surface area contributed by atoms with E-state index in [0.29, 0.717) is 16.4 Å². The second kappa shape index (κ2) is 4.54. The summed E-state index contributed by atoms with van der Waals surface area (Å²) < 4.78 is 1.62. The molecule has 100 valence electrons. The van der Waals surface area contributed by atoms with Crippen LogP contribution in [0.2, 0.25) is 5.02 Å².